The van der Waals surface area contributed by atoms with E-state index >= 15 is 0 Å². The lowest BCUT2D eigenvalue weighted by Gasteiger charge is -2.16. The SMILES string of the molecule is Cc1cc(C(=O)NC2CCOC2C)ccc1O. The van der Waals surface area contributed by atoms with Crippen molar-refractivity contribution in [2.45, 2.75) is 32.4 Å². The zero-order chi connectivity index (χ0) is 12.4. The number of rotatable bonds is 2. The molecule has 1 aliphatic heterocycles. The molecule has 0 bridgehead atoms. The van der Waals surface area contributed by atoms with E-state index in [0.717, 1.165) is 6.42 Å². The molecule has 2 rings (SSSR count). The smallest absolute Gasteiger partial charge is 0.251 e. The predicted molar refractivity (Wildman–Crippen MR) is 64.1 cm³/mol. The molecule has 0 saturated carbocycles. The summed E-state index contributed by atoms with van der Waals surface area (Å²) in [5, 5.41) is 12.3. The third-order valence-corrected chi connectivity index (χ3v) is 3.15. The van der Waals surface area contributed by atoms with E-state index < -0.39 is 0 Å². The first-order valence-electron chi connectivity index (χ1n) is 5.80. The van der Waals surface area contributed by atoms with Gasteiger partial charge in [0.25, 0.3) is 5.91 Å². The van der Waals surface area contributed by atoms with Crippen molar-refractivity contribution in [3.8, 4) is 5.75 Å². The van der Waals surface area contributed by atoms with E-state index in [-0.39, 0.29) is 23.8 Å². The van der Waals surface area contributed by atoms with Gasteiger partial charge in [-0.05, 0) is 44.0 Å². The van der Waals surface area contributed by atoms with Crippen molar-refractivity contribution in [1.82, 2.24) is 5.32 Å². The monoisotopic (exact) mass is 235 g/mol. The van der Waals surface area contributed by atoms with Crippen LogP contribution in [0.2, 0.25) is 0 Å². The van der Waals surface area contributed by atoms with Crippen LogP contribution in [0.15, 0.2) is 18.2 Å². The lowest BCUT2D eigenvalue weighted by molar-refractivity contribution is 0.0866. The van der Waals surface area contributed by atoms with Gasteiger partial charge in [-0.1, -0.05) is 0 Å². The highest BCUT2D eigenvalue weighted by atomic mass is 16.5. The number of carbonyl (C=O) groups is 1. The van der Waals surface area contributed by atoms with Crippen molar-refractivity contribution in [1.29, 1.82) is 0 Å². The minimum Gasteiger partial charge on any atom is -0.508 e. The van der Waals surface area contributed by atoms with Crippen molar-refractivity contribution in [3.63, 3.8) is 0 Å². The molecule has 1 aromatic rings. The van der Waals surface area contributed by atoms with Crippen LogP contribution >= 0.6 is 0 Å². The number of nitrogens with one attached hydrogen (secondary N) is 1. The number of amides is 1. The quantitative estimate of drug-likeness (QED) is 0.818. The summed E-state index contributed by atoms with van der Waals surface area (Å²) in [6.45, 7) is 4.42. The first-order valence-corrected chi connectivity index (χ1v) is 5.80. The summed E-state index contributed by atoms with van der Waals surface area (Å²) >= 11 is 0. The van der Waals surface area contributed by atoms with Crippen LogP contribution in [0.1, 0.15) is 29.3 Å². The Labute approximate surface area is 101 Å². The number of aryl methyl sites for hydroxylation is 1. The van der Waals surface area contributed by atoms with E-state index in [0.29, 0.717) is 17.7 Å². The standard InChI is InChI=1S/C13H17NO3/c1-8-7-10(3-4-12(8)15)13(16)14-11-5-6-17-9(11)2/h3-4,7,9,11,15H,5-6H2,1-2H3,(H,14,16). The summed E-state index contributed by atoms with van der Waals surface area (Å²) in [6.07, 6.45) is 0.918. The van der Waals surface area contributed by atoms with Gasteiger partial charge in [0, 0.05) is 12.2 Å². The summed E-state index contributed by atoms with van der Waals surface area (Å²) < 4.78 is 5.39. The maximum absolute atomic E-state index is 12.0. The average Bonchev–Trinajstić information content (AvgIpc) is 2.68. The van der Waals surface area contributed by atoms with E-state index in [2.05, 4.69) is 5.32 Å². The maximum Gasteiger partial charge on any atom is 0.251 e. The largest absolute Gasteiger partial charge is 0.508 e. The Morgan fingerprint density at radius 2 is 2.29 bits per heavy atom. The molecule has 0 aromatic heterocycles. The fourth-order valence-electron chi connectivity index (χ4n) is 1.97. The van der Waals surface area contributed by atoms with Crippen molar-refractivity contribution >= 4 is 5.91 Å². The van der Waals surface area contributed by atoms with E-state index in [1.165, 1.54) is 0 Å². The molecule has 1 heterocycles. The van der Waals surface area contributed by atoms with Gasteiger partial charge in [-0.25, -0.2) is 0 Å². The number of aromatic hydroxyl groups is 1. The highest BCUT2D eigenvalue weighted by Crippen LogP contribution is 2.18. The van der Waals surface area contributed by atoms with Crippen molar-refractivity contribution in [3.05, 3.63) is 29.3 Å². The van der Waals surface area contributed by atoms with Gasteiger partial charge in [0.1, 0.15) is 5.75 Å². The van der Waals surface area contributed by atoms with Crippen LogP contribution in [0.4, 0.5) is 0 Å². The molecule has 1 fully saturated rings. The van der Waals surface area contributed by atoms with Crippen LogP contribution in [0.25, 0.3) is 0 Å². The third-order valence-electron chi connectivity index (χ3n) is 3.15. The molecule has 1 amide bonds. The average molecular weight is 235 g/mol. The summed E-state index contributed by atoms with van der Waals surface area (Å²) in [7, 11) is 0. The van der Waals surface area contributed by atoms with Gasteiger partial charge < -0.3 is 15.2 Å². The molecule has 92 valence electrons. The van der Waals surface area contributed by atoms with Gasteiger partial charge in [-0.15, -0.1) is 0 Å². The molecule has 4 heteroatoms. The highest BCUT2D eigenvalue weighted by molar-refractivity contribution is 5.94. The summed E-state index contributed by atoms with van der Waals surface area (Å²) in [6, 6.07) is 4.93. The Kier molecular flexibility index (Phi) is 3.33. The zero-order valence-electron chi connectivity index (χ0n) is 10.1. The van der Waals surface area contributed by atoms with Crippen LogP contribution in [0.5, 0.6) is 5.75 Å². The molecular formula is C13H17NO3. The van der Waals surface area contributed by atoms with Crippen LogP contribution in [0.3, 0.4) is 0 Å². The van der Waals surface area contributed by atoms with Crippen LogP contribution in [-0.2, 0) is 4.74 Å². The minimum atomic E-state index is -0.115. The zero-order valence-corrected chi connectivity index (χ0v) is 10.1. The summed E-state index contributed by atoms with van der Waals surface area (Å²) in [5.74, 6) is 0.0922. The number of phenolic OH excluding ortho intramolecular Hbond substituents is 1. The van der Waals surface area contributed by atoms with E-state index in [1.807, 2.05) is 6.92 Å². The molecule has 1 aromatic carbocycles. The van der Waals surface area contributed by atoms with Gasteiger partial charge in [-0.2, -0.15) is 0 Å². The Bertz CT molecular complexity index is 431. The van der Waals surface area contributed by atoms with E-state index in [9.17, 15) is 9.90 Å². The number of phenols is 1. The Balaban J connectivity index is 2.06. The van der Waals surface area contributed by atoms with Gasteiger partial charge in [-0.3, -0.25) is 4.79 Å². The summed E-state index contributed by atoms with van der Waals surface area (Å²) in [5.41, 5.74) is 1.27. The molecule has 2 atom stereocenters. The second-order valence-electron chi connectivity index (χ2n) is 4.45. The Morgan fingerprint density at radius 3 is 2.88 bits per heavy atom. The van der Waals surface area contributed by atoms with Gasteiger partial charge in [0.05, 0.1) is 12.1 Å². The molecule has 0 radical (unpaired) electrons. The number of ether oxygens (including phenoxy) is 1. The molecule has 0 spiro atoms. The van der Waals surface area contributed by atoms with Crippen molar-refractivity contribution in [2.24, 2.45) is 0 Å². The maximum atomic E-state index is 12.0. The molecule has 2 N–H and O–H groups in total. The number of hydrogen-bond donors (Lipinski definition) is 2. The van der Waals surface area contributed by atoms with Crippen molar-refractivity contribution < 1.29 is 14.6 Å². The molecule has 1 aliphatic rings. The van der Waals surface area contributed by atoms with E-state index in [1.54, 1.807) is 25.1 Å². The molecule has 0 aliphatic carbocycles. The van der Waals surface area contributed by atoms with E-state index in [4.69, 9.17) is 4.74 Å². The van der Waals surface area contributed by atoms with Gasteiger partial charge in [0.15, 0.2) is 0 Å². The third kappa shape index (κ3) is 2.58. The Hall–Kier alpha value is -1.55. The minimum absolute atomic E-state index is 0.0668. The predicted octanol–water partition coefficient (Wildman–Crippen LogP) is 1.61. The normalized spacial score (nSPS) is 23.6. The first kappa shape index (κ1) is 11.9. The highest BCUT2D eigenvalue weighted by Gasteiger charge is 2.25. The van der Waals surface area contributed by atoms with Gasteiger partial charge >= 0.3 is 0 Å². The second-order valence-corrected chi connectivity index (χ2v) is 4.45. The number of carbonyl (C=O) groups excluding carboxylic acids is 1. The lowest BCUT2D eigenvalue weighted by atomic mass is 10.1. The van der Waals surface area contributed by atoms with Crippen LogP contribution in [0, 0.1) is 6.92 Å². The van der Waals surface area contributed by atoms with Crippen LogP contribution in [-0.4, -0.2) is 29.8 Å². The fourth-order valence-corrected chi connectivity index (χ4v) is 1.97. The van der Waals surface area contributed by atoms with Crippen molar-refractivity contribution in [2.75, 3.05) is 6.61 Å². The first-order chi connectivity index (χ1) is 8.08. The molecular weight excluding hydrogens is 218 g/mol. The number of benzene rings is 1. The summed E-state index contributed by atoms with van der Waals surface area (Å²) in [4.78, 5) is 12.0. The Morgan fingerprint density at radius 1 is 1.53 bits per heavy atom. The fraction of sp³-hybridized carbons (Fsp3) is 0.462. The molecule has 4 nitrogen and oxygen atoms in total. The van der Waals surface area contributed by atoms with Crippen LogP contribution < -0.4 is 5.32 Å². The number of hydrogen-bond acceptors (Lipinski definition) is 3. The lowest BCUT2D eigenvalue weighted by Crippen LogP contribution is -2.39. The molecule has 17 heavy (non-hydrogen) atoms. The topological polar surface area (TPSA) is 58.6 Å². The molecule has 1 saturated heterocycles. The molecule has 2 unspecified atom stereocenters. The second kappa shape index (κ2) is 4.75. The van der Waals surface area contributed by atoms with Gasteiger partial charge in [0.2, 0.25) is 0 Å².